The number of carbonyl (C=O) groups excluding carboxylic acids is 3. The number of ether oxygens (including phenoxy) is 3. The summed E-state index contributed by atoms with van der Waals surface area (Å²) in [5.41, 5.74) is 0. The third-order valence-corrected chi connectivity index (χ3v) is 19.3. The minimum atomic E-state index is -4.95. The van der Waals surface area contributed by atoms with Gasteiger partial charge in [0, 0.05) is 19.3 Å². The zero-order valence-corrected chi connectivity index (χ0v) is 70.0. The van der Waals surface area contributed by atoms with E-state index in [0.29, 0.717) is 19.3 Å². The van der Waals surface area contributed by atoms with Gasteiger partial charge >= 0.3 is 33.6 Å². The summed E-state index contributed by atoms with van der Waals surface area (Å²) >= 11 is 0. The minimum Gasteiger partial charge on any atom is -0.463 e. The Morgan fingerprint density at radius 3 is 0.771 bits per heavy atom. The number of allylic oxidation sites excluding steroid dienone is 28. The molecule has 0 aliphatic heterocycles. The van der Waals surface area contributed by atoms with Crippen LogP contribution in [0, 0.1) is 0 Å². The molecule has 5 unspecified atom stereocenters. The molecule has 0 aromatic rings. The Hall–Kier alpha value is -5.09. The van der Waals surface area contributed by atoms with Gasteiger partial charge in [-0.05, 0) is 154 Å². The van der Waals surface area contributed by atoms with Crippen molar-refractivity contribution in [2.24, 2.45) is 0 Å². The maximum absolute atomic E-state index is 13.0. The highest BCUT2D eigenvalue weighted by Crippen LogP contribution is 2.45. The first kappa shape index (κ1) is 104. The molecular weight excluding hydrogens is 1410 g/mol. The van der Waals surface area contributed by atoms with Gasteiger partial charge in [0.25, 0.3) is 0 Å². The van der Waals surface area contributed by atoms with Gasteiger partial charge in [-0.2, -0.15) is 0 Å². The maximum atomic E-state index is 13.0. The first-order chi connectivity index (χ1) is 53.2. The van der Waals surface area contributed by atoms with Crippen molar-refractivity contribution >= 4 is 33.6 Å². The summed E-state index contributed by atoms with van der Waals surface area (Å²) in [6.07, 6.45) is 105. The van der Waals surface area contributed by atoms with Crippen LogP contribution in [0.2, 0.25) is 0 Å². The molecule has 109 heavy (non-hydrogen) atoms. The van der Waals surface area contributed by atoms with Gasteiger partial charge in [-0.15, -0.1) is 0 Å². The minimum absolute atomic E-state index is 0.0840. The van der Waals surface area contributed by atoms with Crippen LogP contribution in [0.4, 0.5) is 0 Å². The fourth-order valence-corrected chi connectivity index (χ4v) is 12.6. The molecular formula is C91H152O16P2. The van der Waals surface area contributed by atoms with Gasteiger partial charge in [-0.25, -0.2) is 9.13 Å². The molecule has 0 spiro atoms. The molecule has 5 atom stereocenters. The second-order valence-corrected chi connectivity index (χ2v) is 30.8. The van der Waals surface area contributed by atoms with E-state index in [1.807, 2.05) is 0 Å². The number of esters is 3. The number of unbranched alkanes of at least 4 members (excludes halogenated alkanes) is 28. The van der Waals surface area contributed by atoms with Crippen LogP contribution in [-0.2, 0) is 55.8 Å². The molecule has 0 bridgehead atoms. The van der Waals surface area contributed by atoms with E-state index in [4.69, 9.17) is 32.3 Å². The number of rotatable bonds is 79. The normalized spacial score (nSPS) is 14.7. The predicted octanol–water partition coefficient (Wildman–Crippen LogP) is 25.5. The second kappa shape index (κ2) is 82.4. The number of hydrogen-bond acceptors (Lipinski definition) is 14. The van der Waals surface area contributed by atoms with Crippen LogP contribution in [0.3, 0.4) is 0 Å². The largest absolute Gasteiger partial charge is 0.472 e. The number of aliphatic hydroxyl groups excluding tert-OH is 2. The Balaban J connectivity index is 4.69. The predicted molar refractivity (Wildman–Crippen MR) is 454 cm³/mol. The smallest absolute Gasteiger partial charge is 0.463 e. The van der Waals surface area contributed by atoms with Crippen molar-refractivity contribution in [1.29, 1.82) is 0 Å². The quantitative estimate of drug-likeness (QED) is 0.0146. The third kappa shape index (κ3) is 83.7. The number of phosphoric acid groups is 2. The van der Waals surface area contributed by atoms with Crippen LogP contribution in [0.5, 0.6) is 0 Å². The summed E-state index contributed by atoms with van der Waals surface area (Å²) in [7, 11) is -9.82. The molecule has 0 saturated carbocycles. The molecule has 0 aliphatic rings. The van der Waals surface area contributed by atoms with Crippen molar-refractivity contribution in [3.63, 3.8) is 0 Å². The Labute approximate surface area is 662 Å². The number of carbonyl (C=O) groups is 3. The molecule has 16 nitrogen and oxygen atoms in total. The van der Waals surface area contributed by atoms with E-state index in [-0.39, 0.29) is 19.3 Å². The number of aliphatic hydroxyl groups is 2. The van der Waals surface area contributed by atoms with Gasteiger partial charge in [0.05, 0.1) is 26.4 Å². The first-order valence-corrected chi connectivity index (χ1v) is 45.4. The van der Waals surface area contributed by atoms with Crippen LogP contribution in [0.15, 0.2) is 170 Å². The lowest BCUT2D eigenvalue weighted by Crippen LogP contribution is -2.30. The zero-order chi connectivity index (χ0) is 79.4. The van der Waals surface area contributed by atoms with E-state index in [1.54, 1.807) is 0 Å². The van der Waals surface area contributed by atoms with Gasteiger partial charge in [-0.1, -0.05) is 326 Å². The molecule has 4 N–H and O–H groups in total. The highest BCUT2D eigenvalue weighted by molar-refractivity contribution is 7.47. The maximum Gasteiger partial charge on any atom is 0.472 e. The average molecular weight is 1560 g/mol. The Morgan fingerprint density at radius 1 is 0.266 bits per heavy atom. The van der Waals surface area contributed by atoms with E-state index in [0.717, 1.165) is 199 Å². The SMILES string of the molecule is CC/C=C\C/C=C\C/C=C\C/C=C\C/C=C\CCCCCCCCCCCCCC(=O)OCC(O)COP(=O)(O)OCC(O)COP(=O)(O)OCC(COC(=O)CCCCCCCCC/C=C\C/C=C\C/C=C\C/C=C\C/C=C\CC)OC(=O)CCCCCCCCC/C=C\C/C=C\C/C=C\C/C=C\CCCCC. The van der Waals surface area contributed by atoms with E-state index >= 15 is 0 Å². The molecule has 622 valence electrons. The molecule has 0 aliphatic carbocycles. The van der Waals surface area contributed by atoms with Gasteiger partial charge in [0.15, 0.2) is 6.10 Å². The van der Waals surface area contributed by atoms with Crippen LogP contribution in [0.1, 0.15) is 329 Å². The summed E-state index contributed by atoms with van der Waals surface area (Å²) in [4.78, 5) is 58.9. The monoisotopic (exact) mass is 1560 g/mol. The summed E-state index contributed by atoms with van der Waals surface area (Å²) in [5, 5.41) is 20.7. The van der Waals surface area contributed by atoms with Crippen molar-refractivity contribution in [1.82, 2.24) is 0 Å². The molecule has 0 aromatic carbocycles. The molecule has 0 rings (SSSR count). The summed E-state index contributed by atoms with van der Waals surface area (Å²) in [6, 6.07) is 0. The standard InChI is InChI=1S/C91H152O16P2/c1-4-7-10-13-16-19-22-25-28-31-34-37-40-41-42-43-46-48-50-53-56-59-62-65-68-71-74-77-89(94)101-80-86(92)81-103-108(97,98)104-82-87(93)83-105-109(99,100)106-85-88(107-91(96)79-76-73-70-67-64-61-58-55-52-49-45-39-36-33-30-27-24-21-18-15-12-9-6-3)84-102-90(95)78-75-72-69-66-63-60-57-54-51-47-44-38-35-32-29-26-23-20-17-14-11-8-5-2/h7-8,10-11,16-21,25-30,34-39,41-42,47,49,51-52,86-88,92-93H,4-6,9,12-15,22-24,31-33,40,43-46,48,50,53-85H2,1-3H3,(H,97,98)(H,99,100)/b10-7-,11-8-,19-16-,20-17-,21-18-,28-25-,29-26-,30-27-,37-34-,38-35-,39-36-,42-41-,51-47-,52-49-. The molecule has 0 amide bonds. The first-order valence-electron chi connectivity index (χ1n) is 42.4. The van der Waals surface area contributed by atoms with Gasteiger partial charge in [0.2, 0.25) is 0 Å². The molecule has 0 saturated heterocycles. The van der Waals surface area contributed by atoms with Gasteiger partial charge < -0.3 is 34.2 Å². The molecule has 0 aromatic heterocycles. The fourth-order valence-electron chi connectivity index (χ4n) is 11.0. The average Bonchev–Trinajstić information content (AvgIpc) is 0.904. The molecule has 18 heteroatoms. The van der Waals surface area contributed by atoms with Crippen molar-refractivity contribution in [3.05, 3.63) is 170 Å². The van der Waals surface area contributed by atoms with Crippen LogP contribution >= 0.6 is 15.6 Å². The fraction of sp³-hybridized carbons (Fsp3) is 0.659. The molecule has 0 radical (unpaired) electrons. The number of hydrogen-bond donors (Lipinski definition) is 4. The van der Waals surface area contributed by atoms with E-state index in [9.17, 15) is 43.5 Å². The lowest BCUT2D eigenvalue weighted by Gasteiger charge is -2.21. The highest BCUT2D eigenvalue weighted by atomic mass is 31.2. The van der Waals surface area contributed by atoms with Gasteiger partial charge in [0.1, 0.15) is 25.4 Å². The molecule has 0 heterocycles. The molecule has 0 fully saturated rings. The van der Waals surface area contributed by atoms with E-state index < -0.39 is 91.5 Å². The summed E-state index contributed by atoms with van der Waals surface area (Å²) < 4.78 is 61.3. The van der Waals surface area contributed by atoms with E-state index in [2.05, 4.69) is 191 Å². The third-order valence-electron chi connectivity index (χ3n) is 17.4. The van der Waals surface area contributed by atoms with Gasteiger partial charge in [-0.3, -0.25) is 32.5 Å². The lowest BCUT2D eigenvalue weighted by atomic mass is 10.0. The lowest BCUT2D eigenvalue weighted by molar-refractivity contribution is -0.161. The van der Waals surface area contributed by atoms with Crippen LogP contribution < -0.4 is 0 Å². The van der Waals surface area contributed by atoms with Crippen LogP contribution in [-0.4, -0.2) is 95.9 Å². The van der Waals surface area contributed by atoms with Crippen molar-refractivity contribution in [3.8, 4) is 0 Å². The Kier molecular flexibility index (Phi) is 78.5. The topological polar surface area (TPSA) is 231 Å². The van der Waals surface area contributed by atoms with Crippen LogP contribution in [0.25, 0.3) is 0 Å². The second-order valence-electron chi connectivity index (χ2n) is 27.9. The Morgan fingerprint density at radius 2 is 0.486 bits per heavy atom. The highest BCUT2D eigenvalue weighted by Gasteiger charge is 2.29. The summed E-state index contributed by atoms with van der Waals surface area (Å²) in [5.74, 6) is -1.60. The zero-order valence-electron chi connectivity index (χ0n) is 68.2. The van der Waals surface area contributed by atoms with Crippen molar-refractivity contribution in [2.45, 2.75) is 347 Å². The summed E-state index contributed by atoms with van der Waals surface area (Å²) in [6.45, 7) is 2.41. The Bertz CT molecular complexity index is 2660. The van der Waals surface area contributed by atoms with Crippen molar-refractivity contribution in [2.75, 3.05) is 39.6 Å². The van der Waals surface area contributed by atoms with E-state index in [1.165, 1.54) is 70.6 Å². The van der Waals surface area contributed by atoms with Crippen molar-refractivity contribution < 1.29 is 75.8 Å². The number of phosphoric ester groups is 2.